The van der Waals surface area contributed by atoms with E-state index in [0.717, 1.165) is 29.5 Å². The zero-order valence-corrected chi connectivity index (χ0v) is 10.6. The maximum Gasteiger partial charge on any atom is 0.149 e. The molecule has 0 saturated carbocycles. The van der Waals surface area contributed by atoms with E-state index in [4.69, 9.17) is 4.74 Å². The number of hydrogen-bond donors (Lipinski definition) is 1. The van der Waals surface area contributed by atoms with E-state index in [2.05, 4.69) is 29.4 Å². The lowest BCUT2D eigenvalue weighted by atomic mass is 10.1. The lowest BCUT2D eigenvalue weighted by Gasteiger charge is -2.22. The first-order valence-corrected chi connectivity index (χ1v) is 6.06. The van der Waals surface area contributed by atoms with Gasteiger partial charge in [0.2, 0.25) is 0 Å². The van der Waals surface area contributed by atoms with Crippen LogP contribution in [-0.2, 0) is 16.9 Å². The molecule has 1 N–H and O–H groups in total. The summed E-state index contributed by atoms with van der Waals surface area (Å²) in [6.07, 6.45) is 0.902. The Kier molecular flexibility index (Phi) is 4.63. The molecule has 0 radical (unpaired) electrons. The van der Waals surface area contributed by atoms with Crippen molar-refractivity contribution in [2.75, 3.05) is 13.7 Å². The van der Waals surface area contributed by atoms with Crippen molar-refractivity contribution in [2.24, 2.45) is 0 Å². The van der Waals surface area contributed by atoms with Gasteiger partial charge in [0.15, 0.2) is 0 Å². The molecule has 86 valence electrons. The Labute approximate surface area is 95.1 Å². The SMILES string of the molecule is CCNCc1nnc(C(C)(CC)OC)s1. The number of rotatable bonds is 6. The van der Waals surface area contributed by atoms with Crippen LogP contribution in [0.25, 0.3) is 0 Å². The number of nitrogens with zero attached hydrogens (tertiary/aromatic N) is 2. The van der Waals surface area contributed by atoms with E-state index in [1.807, 2.05) is 6.92 Å². The fourth-order valence-electron chi connectivity index (χ4n) is 1.15. The van der Waals surface area contributed by atoms with E-state index < -0.39 is 0 Å². The Morgan fingerprint density at radius 1 is 1.40 bits per heavy atom. The van der Waals surface area contributed by atoms with E-state index in [1.54, 1.807) is 18.4 Å². The molecule has 1 unspecified atom stereocenters. The van der Waals surface area contributed by atoms with Crippen molar-refractivity contribution >= 4 is 11.3 Å². The van der Waals surface area contributed by atoms with Crippen LogP contribution in [0.5, 0.6) is 0 Å². The Balaban J connectivity index is 2.74. The second kappa shape index (κ2) is 5.53. The fourth-order valence-corrected chi connectivity index (χ4v) is 2.16. The van der Waals surface area contributed by atoms with Crippen LogP contribution >= 0.6 is 11.3 Å². The summed E-state index contributed by atoms with van der Waals surface area (Å²) in [5, 5.41) is 13.5. The van der Waals surface area contributed by atoms with Crippen molar-refractivity contribution in [2.45, 2.75) is 39.3 Å². The third-order valence-corrected chi connectivity index (χ3v) is 3.74. The molecule has 5 heteroatoms. The molecule has 0 aliphatic heterocycles. The molecule has 0 aliphatic carbocycles. The van der Waals surface area contributed by atoms with E-state index >= 15 is 0 Å². The first kappa shape index (κ1) is 12.5. The van der Waals surface area contributed by atoms with Crippen LogP contribution in [0.15, 0.2) is 0 Å². The second-order valence-electron chi connectivity index (χ2n) is 3.57. The number of hydrogen-bond acceptors (Lipinski definition) is 5. The number of aromatic nitrogens is 2. The van der Waals surface area contributed by atoms with Crippen LogP contribution in [0.4, 0.5) is 0 Å². The molecule has 0 amide bonds. The van der Waals surface area contributed by atoms with Gasteiger partial charge in [0, 0.05) is 13.7 Å². The summed E-state index contributed by atoms with van der Waals surface area (Å²) in [6, 6.07) is 0. The average molecular weight is 229 g/mol. The Morgan fingerprint density at radius 2 is 2.13 bits per heavy atom. The molecule has 0 fully saturated rings. The highest BCUT2D eigenvalue weighted by molar-refractivity contribution is 7.11. The number of ether oxygens (including phenoxy) is 1. The topological polar surface area (TPSA) is 47.0 Å². The van der Waals surface area contributed by atoms with Crippen molar-refractivity contribution < 1.29 is 4.74 Å². The highest BCUT2D eigenvalue weighted by Gasteiger charge is 2.28. The summed E-state index contributed by atoms with van der Waals surface area (Å²) in [7, 11) is 1.72. The van der Waals surface area contributed by atoms with Crippen LogP contribution < -0.4 is 5.32 Å². The summed E-state index contributed by atoms with van der Waals surface area (Å²) in [5.41, 5.74) is -0.290. The van der Waals surface area contributed by atoms with E-state index in [1.165, 1.54) is 0 Å². The minimum atomic E-state index is -0.290. The minimum absolute atomic E-state index is 0.290. The van der Waals surface area contributed by atoms with Crippen molar-refractivity contribution in [3.05, 3.63) is 10.0 Å². The maximum atomic E-state index is 5.48. The Hall–Kier alpha value is -0.520. The van der Waals surface area contributed by atoms with Gasteiger partial charge < -0.3 is 10.1 Å². The van der Waals surface area contributed by atoms with Crippen LogP contribution in [0.3, 0.4) is 0 Å². The van der Waals surface area contributed by atoms with Gasteiger partial charge >= 0.3 is 0 Å². The molecule has 15 heavy (non-hydrogen) atoms. The molecule has 0 aromatic carbocycles. The van der Waals surface area contributed by atoms with Crippen LogP contribution in [0.1, 0.15) is 37.2 Å². The van der Waals surface area contributed by atoms with Gasteiger partial charge in [-0.25, -0.2) is 0 Å². The highest BCUT2D eigenvalue weighted by Crippen LogP contribution is 2.30. The van der Waals surface area contributed by atoms with Gasteiger partial charge in [0.1, 0.15) is 15.6 Å². The maximum absolute atomic E-state index is 5.48. The molecule has 0 saturated heterocycles. The third kappa shape index (κ3) is 2.96. The summed E-state index contributed by atoms with van der Waals surface area (Å²) in [5.74, 6) is 0. The molecule has 0 aliphatic rings. The quantitative estimate of drug-likeness (QED) is 0.809. The molecular weight excluding hydrogens is 210 g/mol. The third-order valence-electron chi connectivity index (χ3n) is 2.57. The summed E-state index contributed by atoms with van der Waals surface area (Å²) in [4.78, 5) is 0. The fraction of sp³-hybridized carbons (Fsp3) is 0.800. The predicted molar refractivity (Wildman–Crippen MR) is 61.9 cm³/mol. The van der Waals surface area contributed by atoms with E-state index in [9.17, 15) is 0 Å². The normalized spacial score (nSPS) is 15.2. The summed E-state index contributed by atoms with van der Waals surface area (Å²) < 4.78 is 5.48. The van der Waals surface area contributed by atoms with Gasteiger partial charge in [-0.05, 0) is 19.9 Å². The van der Waals surface area contributed by atoms with Gasteiger partial charge in [0.25, 0.3) is 0 Å². The molecule has 0 spiro atoms. The molecule has 1 aromatic rings. The smallest absolute Gasteiger partial charge is 0.149 e. The van der Waals surface area contributed by atoms with Gasteiger partial charge in [-0.3, -0.25) is 0 Å². The summed E-state index contributed by atoms with van der Waals surface area (Å²) >= 11 is 1.62. The summed E-state index contributed by atoms with van der Waals surface area (Å²) in [6.45, 7) is 7.95. The van der Waals surface area contributed by atoms with Crippen molar-refractivity contribution in [3.63, 3.8) is 0 Å². The van der Waals surface area contributed by atoms with Gasteiger partial charge in [0.05, 0.1) is 0 Å². The molecule has 1 atom stereocenters. The van der Waals surface area contributed by atoms with E-state index in [-0.39, 0.29) is 5.60 Å². The standard InChI is InChI=1S/C10H19N3OS/c1-5-10(3,14-4)9-13-12-8(15-9)7-11-6-2/h11H,5-7H2,1-4H3. The van der Waals surface area contributed by atoms with E-state index in [0.29, 0.717) is 0 Å². The Morgan fingerprint density at radius 3 is 2.67 bits per heavy atom. The van der Waals surface area contributed by atoms with Crippen LogP contribution in [0.2, 0.25) is 0 Å². The largest absolute Gasteiger partial charge is 0.371 e. The first-order chi connectivity index (χ1) is 7.16. The minimum Gasteiger partial charge on any atom is -0.371 e. The number of nitrogens with one attached hydrogen (secondary N) is 1. The second-order valence-corrected chi connectivity index (χ2v) is 4.63. The Bertz CT molecular complexity index is 297. The molecule has 1 aromatic heterocycles. The van der Waals surface area contributed by atoms with Gasteiger partial charge in [-0.2, -0.15) is 0 Å². The zero-order chi connectivity index (χ0) is 11.3. The lowest BCUT2D eigenvalue weighted by Crippen LogP contribution is -2.22. The number of methoxy groups -OCH3 is 1. The molecule has 4 nitrogen and oxygen atoms in total. The first-order valence-electron chi connectivity index (χ1n) is 5.25. The predicted octanol–water partition coefficient (Wildman–Crippen LogP) is 1.92. The van der Waals surface area contributed by atoms with Crippen molar-refractivity contribution in [3.8, 4) is 0 Å². The molecule has 1 heterocycles. The van der Waals surface area contributed by atoms with Crippen molar-refractivity contribution in [1.29, 1.82) is 0 Å². The van der Waals surface area contributed by atoms with Crippen molar-refractivity contribution in [1.82, 2.24) is 15.5 Å². The van der Waals surface area contributed by atoms with Gasteiger partial charge in [-0.15, -0.1) is 10.2 Å². The molecular formula is C10H19N3OS. The monoisotopic (exact) mass is 229 g/mol. The van der Waals surface area contributed by atoms with Crippen LogP contribution in [-0.4, -0.2) is 23.9 Å². The molecule has 1 rings (SSSR count). The van der Waals surface area contributed by atoms with Gasteiger partial charge in [-0.1, -0.05) is 25.2 Å². The average Bonchev–Trinajstić information content (AvgIpc) is 2.74. The zero-order valence-electron chi connectivity index (χ0n) is 9.83. The lowest BCUT2D eigenvalue weighted by molar-refractivity contribution is -0.00207. The highest BCUT2D eigenvalue weighted by atomic mass is 32.1. The van der Waals surface area contributed by atoms with Crippen LogP contribution in [0, 0.1) is 0 Å². The molecule has 0 bridgehead atoms.